The number of pyridine rings is 1. The van der Waals surface area contributed by atoms with Gasteiger partial charge in [0, 0.05) is 29.9 Å². The first kappa shape index (κ1) is 19.7. The zero-order chi connectivity index (χ0) is 21.8. The van der Waals surface area contributed by atoms with E-state index in [-0.39, 0.29) is 16.8 Å². The van der Waals surface area contributed by atoms with E-state index in [1.165, 1.54) is 12.1 Å². The molecule has 0 aliphatic carbocycles. The summed E-state index contributed by atoms with van der Waals surface area (Å²) in [6.45, 7) is 1.94. The summed E-state index contributed by atoms with van der Waals surface area (Å²) < 4.78 is 29.6. The lowest BCUT2D eigenvalue weighted by Gasteiger charge is -2.25. The number of aromatic nitrogens is 1. The van der Waals surface area contributed by atoms with Crippen LogP contribution in [0.4, 0.5) is 5.69 Å². The summed E-state index contributed by atoms with van der Waals surface area (Å²) in [7, 11) is -3.86. The molecule has 0 bridgehead atoms. The number of carbonyl (C=O) groups excluding carboxylic acids is 1. The Morgan fingerprint density at radius 2 is 1.94 bits per heavy atom. The molecule has 2 aromatic carbocycles. The first-order valence-electron chi connectivity index (χ1n) is 10.0. The molecule has 1 unspecified atom stereocenters. The Balaban J connectivity index is 1.43. The standard InChI is InChI=1S/C23H21N3O4S/c1-14-10-16-5-7-18(31(24,28)29)13-20(16)26(14)23(27)22-12-17-11-15(6-8-21(17)30-22)19-4-2-3-9-25-19/h2-9,11,13-14,22H,10,12H2,1H3,(H2,24,28,29)/t14-,22?/m1/s1. The maximum atomic E-state index is 13.4. The summed E-state index contributed by atoms with van der Waals surface area (Å²) >= 11 is 0. The molecule has 1 amide bonds. The molecule has 1 aromatic heterocycles. The van der Waals surface area contributed by atoms with Crippen molar-refractivity contribution in [3.8, 4) is 17.0 Å². The lowest BCUT2D eigenvalue weighted by molar-refractivity contribution is -0.124. The van der Waals surface area contributed by atoms with Crippen molar-refractivity contribution in [3.63, 3.8) is 0 Å². The van der Waals surface area contributed by atoms with E-state index in [9.17, 15) is 13.2 Å². The molecule has 2 aliphatic heterocycles. The minimum atomic E-state index is -3.86. The van der Waals surface area contributed by atoms with Crippen LogP contribution < -0.4 is 14.8 Å². The molecular formula is C23H21N3O4S. The summed E-state index contributed by atoms with van der Waals surface area (Å²) in [5.74, 6) is 0.497. The van der Waals surface area contributed by atoms with Crippen LogP contribution in [0, 0.1) is 0 Å². The maximum Gasteiger partial charge on any atom is 0.268 e. The van der Waals surface area contributed by atoms with E-state index < -0.39 is 16.1 Å². The number of fused-ring (bicyclic) bond motifs is 2. The van der Waals surface area contributed by atoms with Crippen LogP contribution in [-0.2, 0) is 27.7 Å². The quantitative estimate of drug-likeness (QED) is 0.681. The van der Waals surface area contributed by atoms with Crippen molar-refractivity contribution in [2.75, 3.05) is 4.90 Å². The van der Waals surface area contributed by atoms with Gasteiger partial charge in [0.15, 0.2) is 6.10 Å². The number of carbonyl (C=O) groups is 1. The molecule has 31 heavy (non-hydrogen) atoms. The van der Waals surface area contributed by atoms with Crippen molar-refractivity contribution in [2.45, 2.75) is 36.8 Å². The summed E-state index contributed by atoms with van der Waals surface area (Å²) in [6, 6.07) is 16.1. The highest BCUT2D eigenvalue weighted by Crippen LogP contribution is 2.38. The third kappa shape index (κ3) is 3.47. The molecule has 0 fully saturated rings. The number of anilines is 1. The lowest BCUT2D eigenvalue weighted by atomic mass is 10.0. The van der Waals surface area contributed by atoms with E-state index in [1.54, 1.807) is 17.2 Å². The van der Waals surface area contributed by atoms with Gasteiger partial charge < -0.3 is 9.64 Å². The van der Waals surface area contributed by atoms with Crippen LogP contribution >= 0.6 is 0 Å². The minimum Gasteiger partial charge on any atom is -0.480 e. The highest BCUT2D eigenvalue weighted by molar-refractivity contribution is 7.89. The van der Waals surface area contributed by atoms with Crippen LogP contribution in [-0.4, -0.2) is 31.5 Å². The fourth-order valence-corrected chi connectivity index (χ4v) is 4.87. The van der Waals surface area contributed by atoms with Gasteiger partial charge in [-0.15, -0.1) is 0 Å². The number of nitrogens with zero attached hydrogens (tertiary/aromatic N) is 2. The maximum absolute atomic E-state index is 13.4. The largest absolute Gasteiger partial charge is 0.480 e. The number of rotatable bonds is 3. The Labute approximate surface area is 180 Å². The predicted molar refractivity (Wildman–Crippen MR) is 116 cm³/mol. The molecule has 3 aromatic rings. The number of ether oxygens (including phenoxy) is 1. The van der Waals surface area contributed by atoms with Crippen LogP contribution in [0.1, 0.15) is 18.1 Å². The van der Waals surface area contributed by atoms with E-state index in [0.717, 1.165) is 22.4 Å². The Morgan fingerprint density at radius 1 is 1.10 bits per heavy atom. The van der Waals surface area contributed by atoms with Gasteiger partial charge in [0.25, 0.3) is 5.91 Å². The monoisotopic (exact) mass is 435 g/mol. The molecule has 2 aliphatic rings. The Kier molecular flexibility index (Phi) is 4.56. The van der Waals surface area contributed by atoms with E-state index >= 15 is 0 Å². The lowest BCUT2D eigenvalue weighted by Crippen LogP contribution is -2.44. The summed E-state index contributed by atoms with van der Waals surface area (Å²) in [5, 5.41) is 5.29. The van der Waals surface area contributed by atoms with Gasteiger partial charge in [-0.25, -0.2) is 13.6 Å². The second kappa shape index (κ2) is 7.18. The summed E-state index contributed by atoms with van der Waals surface area (Å²) in [5.41, 5.74) is 4.28. The molecule has 0 saturated heterocycles. The second-order valence-corrected chi connectivity index (χ2v) is 9.51. The average Bonchev–Trinajstić information content (AvgIpc) is 3.32. The number of nitrogens with two attached hydrogens (primary N) is 1. The van der Waals surface area contributed by atoms with Crippen molar-refractivity contribution in [1.82, 2.24) is 4.98 Å². The first-order valence-corrected chi connectivity index (χ1v) is 11.6. The van der Waals surface area contributed by atoms with Crippen molar-refractivity contribution < 1.29 is 17.9 Å². The van der Waals surface area contributed by atoms with Gasteiger partial charge in [0.2, 0.25) is 10.0 Å². The summed E-state index contributed by atoms with van der Waals surface area (Å²) in [6.07, 6.45) is 2.17. The van der Waals surface area contributed by atoms with Gasteiger partial charge in [0.1, 0.15) is 5.75 Å². The third-order valence-electron chi connectivity index (χ3n) is 5.81. The van der Waals surface area contributed by atoms with Crippen LogP contribution in [0.3, 0.4) is 0 Å². The highest BCUT2D eigenvalue weighted by Gasteiger charge is 2.39. The van der Waals surface area contributed by atoms with E-state index in [0.29, 0.717) is 24.3 Å². The van der Waals surface area contributed by atoms with E-state index in [4.69, 9.17) is 9.88 Å². The Morgan fingerprint density at radius 3 is 2.68 bits per heavy atom. The molecule has 5 rings (SSSR count). The third-order valence-corrected chi connectivity index (χ3v) is 6.72. The molecule has 2 atom stereocenters. The first-order chi connectivity index (χ1) is 14.8. The number of benzene rings is 2. The number of primary sulfonamides is 1. The topological polar surface area (TPSA) is 103 Å². The molecule has 0 saturated carbocycles. The van der Waals surface area contributed by atoms with Gasteiger partial charge in [-0.05, 0) is 66.9 Å². The van der Waals surface area contributed by atoms with Gasteiger partial charge in [-0.2, -0.15) is 0 Å². The van der Waals surface area contributed by atoms with Gasteiger partial charge in [-0.3, -0.25) is 9.78 Å². The number of hydrogen-bond donors (Lipinski definition) is 1. The zero-order valence-electron chi connectivity index (χ0n) is 16.9. The van der Waals surface area contributed by atoms with Crippen molar-refractivity contribution >= 4 is 21.6 Å². The van der Waals surface area contributed by atoms with Crippen LogP contribution in [0.15, 0.2) is 65.7 Å². The minimum absolute atomic E-state index is 0.00576. The fraction of sp³-hybridized carbons (Fsp3) is 0.217. The van der Waals surface area contributed by atoms with Crippen molar-refractivity contribution in [2.24, 2.45) is 5.14 Å². The predicted octanol–water partition coefficient (Wildman–Crippen LogP) is 2.68. The molecule has 7 nitrogen and oxygen atoms in total. The van der Waals surface area contributed by atoms with Gasteiger partial charge >= 0.3 is 0 Å². The highest BCUT2D eigenvalue weighted by atomic mass is 32.2. The van der Waals surface area contributed by atoms with Crippen LogP contribution in [0.25, 0.3) is 11.3 Å². The molecule has 2 N–H and O–H groups in total. The van der Waals surface area contributed by atoms with Crippen molar-refractivity contribution in [3.05, 3.63) is 71.9 Å². The number of sulfonamides is 1. The molecule has 0 radical (unpaired) electrons. The van der Waals surface area contributed by atoms with Gasteiger partial charge in [-0.1, -0.05) is 12.1 Å². The van der Waals surface area contributed by atoms with Gasteiger partial charge in [0.05, 0.1) is 10.6 Å². The van der Waals surface area contributed by atoms with Crippen molar-refractivity contribution in [1.29, 1.82) is 0 Å². The van der Waals surface area contributed by atoms with Crippen LogP contribution in [0.2, 0.25) is 0 Å². The zero-order valence-corrected chi connectivity index (χ0v) is 17.7. The number of amides is 1. The smallest absolute Gasteiger partial charge is 0.268 e. The SMILES string of the molecule is C[C@@H]1Cc2ccc(S(N)(=O)=O)cc2N1C(=O)C1Cc2cc(-c3ccccn3)ccc2O1. The molecule has 158 valence electrons. The average molecular weight is 436 g/mol. The molecule has 3 heterocycles. The molecular weight excluding hydrogens is 414 g/mol. The Hall–Kier alpha value is -3.23. The molecule has 8 heteroatoms. The second-order valence-electron chi connectivity index (χ2n) is 7.95. The van der Waals surface area contributed by atoms with E-state index in [2.05, 4.69) is 4.98 Å². The fourth-order valence-electron chi connectivity index (χ4n) is 4.33. The summed E-state index contributed by atoms with van der Waals surface area (Å²) in [4.78, 5) is 19.4. The molecule has 0 spiro atoms. The number of hydrogen-bond acceptors (Lipinski definition) is 5. The normalized spacial score (nSPS) is 19.6. The van der Waals surface area contributed by atoms with E-state index in [1.807, 2.05) is 43.3 Å². The van der Waals surface area contributed by atoms with Crippen LogP contribution in [0.5, 0.6) is 5.75 Å². The Bertz CT molecular complexity index is 1290.